The van der Waals surface area contributed by atoms with E-state index in [1.165, 1.54) is 11.3 Å². The lowest BCUT2D eigenvalue weighted by molar-refractivity contribution is 0.565. The number of benzene rings is 2. The zero-order chi connectivity index (χ0) is 22.2. The molecule has 1 aliphatic heterocycles. The summed E-state index contributed by atoms with van der Waals surface area (Å²) in [5.74, 6) is 0. The topological polar surface area (TPSA) is 33.1 Å². The van der Waals surface area contributed by atoms with Gasteiger partial charge < -0.3 is 14.8 Å². The molecule has 2 aromatic carbocycles. The van der Waals surface area contributed by atoms with Crippen LogP contribution in [0.1, 0.15) is 34.7 Å². The fraction of sp³-hybridized carbons (Fsp3) is 0.154. The Hall–Kier alpha value is -3.15. The van der Waals surface area contributed by atoms with Gasteiger partial charge in [-0.3, -0.25) is 4.98 Å². The molecule has 0 saturated carbocycles. The van der Waals surface area contributed by atoms with Crippen molar-refractivity contribution in [1.29, 1.82) is 0 Å². The lowest BCUT2D eigenvalue weighted by atomic mass is 9.96. The Morgan fingerprint density at radius 3 is 2.31 bits per heavy atom. The number of hydrogen-bond acceptors (Lipinski definition) is 2. The third kappa shape index (κ3) is 3.57. The van der Waals surface area contributed by atoms with Gasteiger partial charge in [0.1, 0.15) is 0 Å². The third-order valence-corrected chi connectivity index (χ3v) is 6.57. The zero-order valence-electron chi connectivity index (χ0n) is 17.9. The average Bonchev–Trinajstić information content (AvgIpc) is 3.31. The van der Waals surface area contributed by atoms with Gasteiger partial charge in [-0.2, -0.15) is 0 Å². The van der Waals surface area contributed by atoms with Crippen molar-refractivity contribution in [1.82, 2.24) is 14.9 Å². The van der Waals surface area contributed by atoms with Gasteiger partial charge in [-0.05, 0) is 86.2 Å². The summed E-state index contributed by atoms with van der Waals surface area (Å²) in [7, 11) is 0. The SMILES string of the molecule is Cc1cc([C@H]2[C@@H](c3ccccn3)NC(=S)N2c2ccccc2)c(C)n1-c1ccc(Cl)cc1. The van der Waals surface area contributed by atoms with Crippen molar-refractivity contribution in [2.45, 2.75) is 25.9 Å². The van der Waals surface area contributed by atoms with Crippen LogP contribution in [0.4, 0.5) is 5.69 Å². The maximum absolute atomic E-state index is 6.13. The number of aryl methyl sites for hydroxylation is 1. The second-order valence-electron chi connectivity index (χ2n) is 7.97. The van der Waals surface area contributed by atoms with Gasteiger partial charge in [-0.25, -0.2) is 0 Å². The number of halogens is 1. The molecule has 160 valence electrons. The molecule has 0 bridgehead atoms. The third-order valence-electron chi connectivity index (χ3n) is 6.01. The molecule has 3 heterocycles. The number of thiocarbonyl (C=S) groups is 1. The normalized spacial score (nSPS) is 18.1. The summed E-state index contributed by atoms with van der Waals surface area (Å²) in [5.41, 5.74) is 6.65. The lowest BCUT2D eigenvalue weighted by Crippen LogP contribution is -2.29. The molecule has 1 saturated heterocycles. The fourth-order valence-corrected chi connectivity index (χ4v) is 5.08. The predicted octanol–water partition coefficient (Wildman–Crippen LogP) is 6.32. The highest BCUT2D eigenvalue weighted by Gasteiger charge is 2.42. The maximum atomic E-state index is 6.13. The van der Waals surface area contributed by atoms with Gasteiger partial charge in [-0.1, -0.05) is 35.9 Å². The quantitative estimate of drug-likeness (QED) is 0.363. The van der Waals surface area contributed by atoms with Gasteiger partial charge in [0.25, 0.3) is 0 Å². The maximum Gasteiger partial charge on any atom is 0.174 e. The van der Waals surface area contributed by atoms with Crippen LogP contribution in [0, 0.1) is 13.8 Å². The number of anilines is 1. The summed E-state index contributed by atoms with van der Waals surface area (Å²) < 4.78 is 2.27. The van der Waals surface area contributed by atoms with Crippen molar-refractivity contribution in [3.05, 3.63) is 113 Å². The molecule has 6 heteroatoms. The summed E-state index contributed by atoms with van der Waals surface area (Å²) in [5, 5.41) is 4.97. The number of aromatic nitrogens is 2. The van der Waals surface area contributed by atoms with E-state index in [2.05, 4.69) is 70.0 Å². The van der Waals surface area contributed by atoms with Crippen LogP contribution < -0.4 is 10.2 Å². The number of nitrogens with zero attached hydrogens (tertiary/aromatic N) is 3. The minimum atomic E-state index is -0.0666. The highest BCUT2D eigenvalue weighted by atomic mass is 35.5. The smallest absolute Gasteiger partial charge is 0.174 e. The van der Waals surface area contributed by atoms with Crippen molar-refractivity contribution >= 4 is 34.6 Å². The van der Waals surface area contributed by atoms with E-state index in [1.54, 1.807) is 0 Å². The molecule has 1 aliphatic rings. The number of nitrogens with one attached hydrogen (secondary N) is 1. The van der Waals surface area contributed by atoms with Crippen LogP contribution in [0.25, 0.3) is 5.69 Å². The molecule has 1 N–H and O–H groups in total. The van der Waals surface area contributed by atoms with Gasteiger partial charge in [-0.15, -0.1) is 0 Å². The van der Waals surface area contributed by atoms with Crippen molar-refractivity contribution in [2.75, 3.05) is 4.90 Å². The van der Waals surface area contributed by atoms with Gasteiger partial charge in [0.2, 0.25) is 0 Å². The number of para-hydroxylation sites is 1. The fourth-order valence-electron chi connectivity index (χ4n) is 4.61. The summed E-state index contributed by atoms with van der Waals surface area (Å²) in [6.45, 7) is 4.30. The van der Waals surface area contributed by atoms with E-state index in [9.17, 15) is 0 Å². The summed E-state index contributed by atoms with van der Waals surface area (Å²) >= 11 is 12.0. The summed E-state index contributed by atoms with van der Waals surface area (Å²) in [6, 6.07) is 26.4. The van der Waals surface area contributed by atoms with Crippen LogP contribution in [-0.2, 0) is 0 Å². The minimum Gasteiger partial charge on any atom is -0.351 e. The van der Waals surface area contributed by atoms with Crippen LogP contribution in [-0.4, -0.2) is 14.7 Å². The molecule has 0 spiro atoms. The molecule has 2 atom stereocenters. The Kier molecular flexibility index (Phi) is 5.45. The van der Waals surface area contributed by atoms with Gasteiger partial charge in [0, 0.05) is 34.0 Å². The Balaban J connectivity index is 1.67. The van der Waals surface area contributed by atoms with Crippen molar-refractivity contribution < 1.29 is 0 Å². The van der Waals surface area contributed by atoms with E-state index in [0.717, 1.165) is 27.8 Å². The summed E-state index contributed by atoms with van der Waals surface area (Å²) in [6.07, 6.45) is 1.83. The Morgan fingerprint density at radius 1 is 0.906 bits per heavy atom. The standard InChI is InChI=1S/C26H23ClN4S/c1-17-16-22(18(2)30(17)21-13-11-19(27)12-14-21)25-24(23-10-6-7-15-28-23)29-26(32)31(25)20-8-4-3-5-9-20/h3-16,24-25H,1-2H3,(H,29,32)/t24-,25+/m1/s1. The minimum absolute atomic E-state index is 0.0351. The predicted molar refractivity (Wildman–Crippen MR) is 135 cm³/mol. The summed E-state index contributed by atoms with van der Waals surface area (Å²) in [4.78, 5) is 6.87. The molecule has 5 rings (SSSR count). The first-order valence-electron chi connectivity index (χ1n) is 10.5. The molecule has 0 unspecified atom stereocenters. The van der Waals surface area contributed by atoms with Crippen LogP contribution in [0.3, 0.4) is 0 Å². The number of pyridine rings is 1. The van der Waals surface area contributed by atoms with E-state index in [0.29, 0.717) is 5.11 Å². The van der Waals surface area contributed by atoms with Crippen LogP contribution in [0.5, 0.6) is 0 Å². The van der Waals surface area contributed by atoms with E-state index >= 15 is 0 Å². The zero-order valence-corrected chi connectivity index (χ0v) is 19.4. The largest absolute Gasteiger partial charge is 0.351 e. The molecule has 1 fully saturated rings. The average molecular weight is 459 g/mol. The van der Waals surface area contributed by atoms with Crippen LogP contribution in [0.2, 0.25) is 5.02 Å². The second-order valence-corrected chi connectivity index (χ2v) is 8.79. The first kappa shape index (κ1) is 20.7. The van der Waals surface area contributed by atoms with Gasteiger partial charge in [0.05, 0.1) is 17.8 Å². The lowest BCUT2D eigenvalue weighted by Gasteiger charge is -2.28. The second kappa shape index (κ2) is 8.41. The molecule has 32 heavy (non-hydrogen) atoms. The molecule has 4 aromatic rings. The Bertz CT molecular complexity index is 1250. The number of rotatable bonds is 4. The first-order valence-corrected chi connectivity index (χ1v) is 11.3. The van der Waals surface area contributed by atoms with Crippen molar-refractivity contribution in [2.24, 2.45) is 0 Å². The van der Waals surface area contributed by atoms with E-state index < -0.39 is 0 Å². The highest BCUT2D eigenvalue weighted by Crippen LogP contribution is 2.43. The number of hydrogen-bond donors (Lipinski definition) is 1. The molecule has 0 radical (unpaired) electrons. The van der Waals surface area contributed by atoms with Crippen molar-refractivity contribution in [3.63, 3.8) is 0 Å². The molecular formula is C26H23ClN4S. The molecule has 0 aliphatic carbocycles. The molecule has 4 nitrogen and oxygen atoms in total. The highest BCUT2D eigenvalue weighted by molar-refractivity contribution is 7.80. The van der Waals surface area contributed by atoms with Crippen LogP contribution >= 0.6 is 23.8 Å². The van der Waals surface area contributed by atoms with Gasteiger partial charge in [0.15, 0.2) is 5.11 Å². The van der Waals surface area contributed by atoms with Crippen LogP contribution in [0.15, 0.2) is 85.1 Å². The van der Waals surface area contributed by atoms with Crippen molar-refractivity contribution in [3.8, 4) is 5.69 Å². The Labute approximate surface area is 198 Å². The van der Waals surface area contributed by atoms with E-state index in [1.807, 2.05) is 48.7 Å². The molecule has 2 aromatic heterocycles. The van der Waals surface area contributed by atoms with Gasteiger partial charge >= 0.3 is 0 Å². The van der Waals surface area contributed by atoms with E-state index in [-0.39, 0.29) is 12.1 Å². The molecule has 0 amide bonds. The Morgan fingerprint density at radius 2 is 1.62 bits per heavy atom. The molecular weight excluding hydrogens is 436 g/mol. The monoisotopic (exact) mass is 458 g/mol. The van der Waals surface area contributed by atoms with E-state index in [4.69, 9.17) is 23.8 Å². The first-order chi connectivity index (χ1) is 15.5.